The number of benzene rings is 1. The first-order valence-electron chi connectivity index (χ1n) is 5.74. The van der Waals surface area contributed by atoms with Gasteiger partial charge in [-0.2, -0.15) is 4.98 Å². The summed E-state index contributed by atoms with van der Waals surface area (Å²) in [6.07, 6.45) is 1.15. The molecule has 0 spiro atoms. The number of nitrogens with one attached hydrogen (secondary N) is 1. The van der Waals surface area contributed by atoms with Crippen molar-refractivity contribution in [1.29, 1.82) is 0 Å². The van der Waals surface area contributed by atoms with Gasteiger partial charge in [0, 0.05) is 4.90 Å². The van der Waals surface area contributed by atoms with Crippen molar-refractivity contribution in [1.82, 2.24) is 9.97 Å². The summed E-state index contributed by atoms with van der Waals surface area (Å²) >= 11 is 1.22. The Morgan fingerprint density at radius 3 is 2.75 bits per heavy atom. The van der Waals surface area contributed by atoms with Crippen LogP contribution in [0.1, 0.15) is 11.1 Å². The Morgan fingerprint density at radius 1 is 1.40 bits per heavy atom. The molecule has 0 fully saturated rings. The zero-order valence-corrected chi connectivity index (χ0v) is 11.8. The molecule has 2 aromatic rings. The largest absolute Gasteiger partial charge is 0.320 e. The summed E-state index contributed by atoms with van der Waals surface area (Å²) in [5.41, 5.74) is 4.31. The Kier molecular flexibility index (Phi) is 4.16. The van der Waals surface area contributed by atoms with E-state index in [9.17, 15) is 10.1 Å². The maximum atomic E-state index is 11.0. The third-order valence-corrected chi connectivity index (χ3v) is 3.77. The Bertz CT molecular complexity index is 662. The zero-order chi connectivity index (χ0) is 14.7. The molecule has 0 unspecified atom stereocenters. The molecule has 0 atom stereocenters. The number of nitro groups is 1. The van der Waals surface area contributed by atoms with Crippen LogP contribution in [0.15, 0.2) is 34.3 Å². The Labute approximate surface area is 119 Å². The van der Waals surface area contributed by atoms with Crippen LogP contribution >= 0.6 is 11.8 Å². The van der Waals surface area contributed by atoms with Crippen LogP contribution in [0, 0.1) is 24.0 Å². The maximum absolute atomic E-state index is 11.0. The fourth-order valence-electron chi connectivity index (χ4n) is 1.65. The molecule has 104 valence electrons. The minimum absolute atomic E-state index is 0.142. The van der Waals surface area contributed by atoms with E-state index in [1.165, 1.54) is 11.8 Å². The number of aromatic nitrogens is 2. The van der Waals surface area contributed by atoms with Gasteiger partial charge in [0.25, 0.3) is 0 Å². The van der Waals surface area contributed by atoms with Crippen molar-refractivity contribution in [3.63, 3.8) is 0 Å². The fourth-order valence-corrected chi connectivity index (χ4v) is 2.58. The number of hydrogen-bond acceptors (Lipinski definition) is 7. The van der Waals surface area contributed by atoms with Gasteiger partial charge in [0.2, 0.25) is 5.95 Å². The third kappa shape index (κ3) is 3.03. The Balaban J connectivity index is 2.43. The molecule has 0 aliphatic rings. The summed E-state index contributed by atoms with van der Waals surface area (Å²) in [6, 6.07) is 5.87. The zero-order valence-electron chi connectivity index (χ0n) is 11.0. The van der Waals surface area contributed by atoms with Crippen molar-refractivity contribution in [3.05, 3.63) is 45.6 Å². The van der Waals surface area contributed by atoms with E-state index in [1.54, 1.807) is 0 Å². The van der Waals surface area contributed by atoms with E-state index in [0.717, 1.165) is 22.2 Å². The van der Waals surface area contributed by atoms with Gasteiger partial charge < -0.3 is 0 Å². The van der Waals surface area contributed by atoms with E-state index >= 15 is 0 Å². The van der Waals surface area contributed by atoms with Gasteiger partial charge in [-0.25, -0.2) is 10.8 Å². The number of nitrogens with zero attached hydrogens (tertiary/aromatic N) is 3. The number of hydrazine groups is 1. The molecular weight excluding hydrogens is 278 g/mol. The number of nitrogens with two attached hydrogens (primary N) is 1. The van der Waals surface area contributed by atoms with Crippen LogP contribution in [0.25, 0.3) is 0 Å². The van der Waals surface area contributed by atoms with E-state index in [-0.39, 0.29) is 16.7 Å². The fraction of sp³-hybridized carbons (Fsp3) is 0.167. The first-order valence-corrected chi connectivity index (χ1v) is 6.56. The first kappa shape index (κ1) is 14.2. The van der Waals surface area contributed by atoms with E-state index in [0.29, 0.717) is 0 Å². The average Bonchev–Trinajstić information content (AvgIpc) is 2.41. The van der Waals surface area contributed by atoms with Gasteiger partial charge in [0.1, 0.15) is 6.20 Å². The minimum Gasteiger partial charge on any atom is -0.292 e. The quantitative estimate of drug-likeness (QED) is 0.385. The molecule has 1 aromatic heterocycles. The normalized spacial score (nSPS) is 10.3. The standard InChI is InChI=1S/C12H13N5O2S/c1-7-3-4-10(8(2)5-7)20-11-9(17(18)19)6-14-12(15-11)16-13/h3-6H,13H2,1-2H3,(H,14,15,16). The van der Waals surface area contributed by atoms with Crippen LogP contribution in [-0.4, -0.2) is 14.9 Å². The summed E-state index contributed by atoms with van der Waals surface area (Å²) < 4.78 is 0. The van der Waals surface area contributed by atoms with Gasteiger partial charge in [0.05, 0.1) is 4.92 Å². The van der Waals surface area contributed by atoms with E-state index in [2.05, 4.69) is 15.4 Å². The molecule has 8 heteroatoms. The van der Waals surface area contributed by atoms with Gasteiger partial charge >= 0.3 is 5.69 Å². The lowest BCUT2D eigenvalue weighted by atomic mass is 10.2. The first-order chi connectivity index (χ1) is 9.51. The van der Waals surface area contributed by atoms with Gasteiger partial charge in [-0.1, -0.05) is 29.5 Å². The Hall–Kier alpha value is -2.19. The van der Waals surface area contributed by atoms with Crippen molar-refractivity contribution in [2.75, 3.05) is 5.43 Å². The number of aryl methyl sites for hydroxylation is 2. The van der Waals surface area contributed by atoms with E-state index < -0.39 is 4.92 Å². The molecule has 1 aromatic carbocycles. The average molecular weight is 291 g/mol. The van der Waals surface area contributed by atoms with Crippen LogP contribution < -0.4 is 11.3 Å². The van der Waals surface area contributed by atoms with Crippen LogP contribution in [0.4, 0.5) is 11.6 Å². The summed E-state index contributed by atoms with van der Waals surface area (Å²) in [5, 5.41) is 11.3. The highest BCUT2D eigenvalue weighted by atomic mass is 32.2. The van der Waals surface area contributed by atoms with Gasteiger partial charge in [-0.05, 0) is 25.5 Å². The lowest BCUT2D eigenvalue weighted by Gasteiger charge is -2.07. The van der Waals surface area contributed by atoms with Crippen molar-refractivity contribution in [3.8, 4) is 0 Å². The monoisotopic (exact) mass is 291 g/mol. The van der Waals surface area contributed by atoms with Crippen LogP contribution in [0.5, 0.6) is 0 Å². The van der Waals surface area contributed by atoms with Gasteiger partial charge in [-0.3, -0.25) is 15.5 Å². The Morgan fingerprint density at radius 2 is 2.15 bits per heavy atom. The highest BCUT2D eigenvalue weighted by Crippen LogP contribution is 2.35. The molecule has 0 bridgehead atoms. The minimum atomic E-state index is -0.508. The lowest BCUT2D eigenvalue weighted by Crippen LogP contribution is -2.11. The molecule has 0 radical (unpaired) electrons. The smallest absolute Gasteiger partial charge is 0.292 e. The molecule has 3 N–H and O–H groups in total. The molecule has 1 heterocycles. The number of nitrogen functional groups attached to an aromatic ring is 1. The van der Waals surface area contributed by atoms with Crippen molar-refractivity contribution in [2.45, 2.75) is 23.8 Å². The summed E-state index contributed by atoms with van der Waals surface area (Å²) in [7, 11) is 0. The second-order valence-electron chi connectivity index (χ2n) is 4.16. The second-order valence-corrected chi connectivity index (χ2v) is 5.19. The number of rotatable bonds is 4. The van der Waals surface area contributed by atoms with Crippen LogP contribution in [0.3, 0.4) is 0 Å². The summed E-state index contributed by atoms with van der Waals surface area (Å²) in [4.78, 5) is 19.2. The number of hydrogen-bond donors (Lipinski definition) is 2. The van der Waals surface area contributed by atoms with Crippen molar-refractivity contribution in [2.24, 2.45) is 5.84 Å². The van der Waals surface area contributed by atoms with E-state index in [1.807, 2.05) is 32.0 Å². The molecule has 0 saturated carbocycles. The molecule has 7 nitrogen and oxygen atoms in total. The van der Waals surface area contributed by atoms with E-state index in [4.69, 9.17) is 5.84 Å². The van der Waals surface area contributed by atoms with Crippen molar-refractivity contribution >= 4 is 23.4 Å². The van der Waals surface area contributed by atoms with Gasteiger partial charge in [-0.15, -0.1) is 0 Å². The predicted molar refractivity (Wildman–Crippen MR) is 76.5 cm³/mol. The predicted octanol–water partition coefficient (Wildman–Crippen LogP) is 2.44. The molecule has 2 rings (SSSR count). The summed E-state index contributed by atoms with van der Waals surface area (Å²) in [5.74, 6) is 5.38. The van der Waals surface area contributed by atoms with Crippen molar-refractivity contribution < 1.29 is 4.92 Å². The highest BCUT2D eigenvalue weighted by Gasteiger charge is 2.19. The van der Waals surface area contributed by atoms with Crippen LogP contribution in [-0.2, 0) is 0 Å². The third-order valence-electron chi connectivity index (χ3n) is 2.60. The number of anilines is 1. The van der Waals surface area contributed by atoms with Crippen LogP contribution in [0.2, 0.25) is 0 Å². The van der Waals surface area contributed by atoms with Gasteiger partial charge in [0.15, 0.2) is 5.03 Å². The SMILES string of the molecule is Cc1ccc(Sc2nc(NN)ncc2[N+](=O)[O-])c(C)c1. The molecule has 0 aliphatic carbocycles. The molecule has 0 amide bonds. The summed E-state index contributed by atoms with van der Waals surface area (Å²) in [6.45, 7) is 3.94. The highest BCUT2D eigenvalue weighted by molar-refractivity contribution is 7.99. The second kappa shape index (κ2) is 5.85. The molecule has 20 heavy (non-hydrogen) atoms. The topological polar surface area (TPSA) is 107 Å². The maximum Gasteiger partial charge on any atom is 0.320 e. The molecule has 0 saturated heterocycles. The molecule has 0 aliphatic heterocycles. The molecular formula is C12H13N5O2S. The lowest BCUT2D eigenvalue weighted by molar-refractivity contribution is -0.388.